The second-order valence-electron chi connectivity index (χ2n) is 3.02. The molecule has 3 heteroatoms. The van der Waals surface area contributed by atoms with Gasteiger partial charge in [0.2, 0.25) is 0 Å². The van der Waals surface area contributed by atoms with Gasteiger partial charge in [-0.25, -0.2) is 0 Å². The minimum Gasteiger partial charge on any atom is -0.385 e. The number of pyridine rings is 1. The summed E-state index contributed by atoms with van der Waals surface area (Å²) in [5.41, 5.74) is 0.144. The molecule has 0 amide bonds. The Kier molecular flexibility index (Phi) is 3.06. The van der Waals surface area contributed by atoms with Crippen LogP contribution in [0.25, 0.3) is 0 Å². The second kappa shape index (κ2) is 3.70. The summed E-state index contributed by atoms with van der Waals surface area (Å²) in [5.74, 6) is 0. The van der Waals surface area contributed by atoms with Crippen LogP contribution < -0.4 is 0 Å². The predicted octanol–water partition coefficient (Wildman–Crippen LogP) is 2.30. The summed E-state index contributed by atoms with van der Waals surface area (Å²) in [4.78, 5) is 4.03. The lowest BCUT2D eigenvalue weighted by Crippen LogP contribution is -2.19. The van der Waals surface area contributed by atoms with E-state index < -0.39 is 5.60 Å². The Labute approximate surface area is 86.2 Å². The van der Waals surface area contributed by atoms with E-state index in [1.807, 2.05) is 13.0 Å². The Morgan fingerprint density at radius 2 is 2.25 bits per heavy atom. The van der Waals surface area contributed by atoms with Gasteiger partial charge in [-0.1, -0.05) is 6.92 Å². The fourth-order valence-electron chi connectivity index (χ4n) is 0.911. The molecule has 1 heterocycles. The summed E-state index contributed by atoms with van der Waals surface area (Å²) < 4.78 is 1.05. The van der Waals surface area contributed by atoms with E-state index in [4.69, 9.17) is 0 Å². The van der Waals surface area contributed by atoms with Crippen molar-refractivity contribution >= 4 is 22.6 Å². The fourth-order valence-corrected chi connectivity index (χ4v) is 1.41. The van der Waals surface area contributed by atoms with Crippen molar-refractivity contribution in [2.24, 2.45) is 0 Å². The lowest BCUT2D eigenvalue weighted by atomic mass is 9.95. The molecule has 2 nitrogen and oxygen atoms in total. The molecule has 0 unspecified atom stereocenters. The van der Waals surface area contributed by atoms with Crippen LogP contribution in [0.1, 0.15) is 25.8 Å². The van der Waals surface area contributed by atoms with Gasteiger partial charge in [0.25, 0.3) is 0 Å². The average molecular weight is 277 g/mol. The molecule has 0 aliphatic heterocycles. The lowest BCUT2D eigenvalue weighted by molar-refractivity contribution is 0.0526. The van der Waals surface area contributed by atoms with Crippen molar-refractivity contribution in [3.63, 3.8) is 0 Å². The highest BCUT2D eigenvalue weighted by molar-refractivity contribution is 14.1. The molecule has 1 atom stereocenters. The van der Waals surface area contributed by atoms with Gasteiger partial charge in [-0.05, 0) is 42.0 Å². The molecule has 0 aliphatic carbocycles. The zero-order chi connectivity index (χ0) is 9.19. The summed E-state index contributed by atoms with van der Waals surface area (Å²) in [5, 5.41) is 9.88. The number of hydrogen-bond donors (Lipinski definition) is 1. The Hall–Kier alpha value is -0.160. The highest BCUT2D eigenvalue weighted by Gasteiger charge is 2.20. The third kappa shape index (κ3) is 2.17. The van der Waals surface area contributed by atoms with Crippen LogP contribution in [0.15, 0.2) is 18.5 Å². The highest BCUT2D eigenvalue weighted by atomic mass is 127. The van der Waals surface area contributed by atoms with Crippen molar-refractivity contribution in [2.75, 3.05) is 0 Å². The zero-order valence-corrected chi connectivity index (χ0v) is 9.37. The predicted molar refractivity (Wildman–Crippen MR) is 56.8 cm³/mol. The summed E-state index contributed by atoms with van der Waals surface area (Å²) in [6.07, 6.45) is 4.19. The maximum atomic E-state index is 9.88. The van der Waals surface area contributed by atoms with E-state index in [1.54, 1.807) is 19.3 Å². The standard InChI is InChI=1S/C9H12INO/c1-3-9(2,12)7-4-8(10)6-11-5-7/h4-6,12H,3H2,1-2H3/t9-/m1/s1. The summed E-state index contributed by atoms with van der Waals surface area (Å²) >= 11 is 2.19. The van der Waals surface area contributed by atoms with Crippen molar-refractivity contribution in [3.8, 4) is 0 Å². The monoisotopic (exact) mass is 277 g/mol. The van der Waals surface area contributed by atoms with E-state index in [9.17, 15) is 5.11 Å². The Bertz CT molecular complexity index is 273. The number of halogens is 1. The molecule has 1 aromatic heterocycles. The molecule has 12 heavy (non-hydrogen) atoms. The maximum Gasteiger partial charge on any atom is 0.0881 e. The highest BCUT2D eigenvalue weighted by Crippen LogP contribution is 2.23. The molecule has 1 aromatic rings. The molecule has 0 aromatic carbocycles. The first-order chi connectivity index (χ1) is 5.56. The lowest BCUT2D eigenvalue weighted by Gasteiger charge is -2.21. The van der Waals surface area contributed by atoms with E-state index in [2.05, 4.69) is 27.6 Å². The van der Waals surface area contributed by atoms with E-state index in [0.717, 1.165) is 9.13 Å². The minimum atomic E-state index is -0.742. The van der Waals surface area contributed by atoms with Gasteiger partial charge >= 0.3 is 0 Å². The average Bonchev–Trinajstić information content (AvgIpc) is 2.05. The van der Waals surface area contributed by atoms with Crippen LogP contribution in [-0.2, 0) is 5.60 Å². The van der Waals surface area contributed by atoms with Crippen molar-refractivity contribution in [1.29, 1.82) is 0 Å². The van der Waals surface area contributed by atoms with E-state index in [-0.39, 0.29) is 0 Å². The molecule has 0 radical (unpaired) electrons. The van der Waals surface area contributed by atoms with Gasteiger partial charge in [0.15, 0.2) is 0 Å². The number of aromatic nitrogens is 1. The molecule has 1 N–H and O–H groups in total. The SMILES string of the molecule is CC[C@@](C)(O)c1cncc(I)c1. The van der Waals surface area contributed by atoms with Crippen molar-refractivity contribution < 1.29 is 5.11 Å². The Morgan fingerprint density at radius 1 is 1.58 bits per heavy atom. The largest absolute Gasteiger partial charge is 0.385 e. The maximum absolute atomic E-state index is 9.88. The normalized spacial score (nSPS) is 15.7. The molecule has 0 saturated heterocycles. The van der Waals surface area contributed by atoms with Gasteiger partial charge < -0.3 is 5.11 Å². The van der Waals surface area contributed by atoms with Crippen LogP contribution in [0.2, 0.25) is 0 Å². The second-order valence-corrected chi connectivity index (χ2v) is 4.26. The first-order valence-corrected chi connectivity index (χ1v) is 4.97. The van der Waals surface area contributed by atoms with Crippen LogP contribution in [0.5, 0.6) is 0 Å². The summed E-state index contributed by atoms with van der Waals surface area (Å²) in [6.45, 7) is 3.76. The van der Waals surface area contributed by atoms with Crippen molar-refractivity contribution in [2.45, 2.75) is 25.9 Å². The third-order valence-corrected chi connectivity index (χ3v) is 2.61. The van der Waals surface area contributed by atoms with Gasteiger partial charge in [0, 0.05) is 21.5 Å². The van der Waals surface area contributed by atoms with E-state index in [0.29, 0.717) is 6.42 Å². The van der Waals surface area contributed by atoms with Crippen molar-refractivity contribution in [3.05, 3.63) is 27.6 Å². The molecule has 0 fully saturated rings. The number of hydrogen-bond acceptors (Lipinski definition) is 2. The Morgan fingerprint density at radius 3 is 2.75 bits per heavy atom. The molecule has 0 bridgehead atoms. The van der Waals surface area contributed by atoms with Crippen LogP contribution >= 0.6 is 22.6 Å². The molecular weight excluding hydrogens is 265 g/mol. The third-order valence-electron chi connectivity index (χ3n) is 2.02. The first-order valence-electron chi connectivity index (χ1n) is 3.89. The summed E-state index contributed by atoms with van der Waals surface area (Å²) in [6, 6.07) is 1.96. The molecular formula is C9H12INO. The van der Waals surface area contributed by atoms with Gasteiger partial charge in [-0.3, -0.25) is 4.98 Å². The van der Waals surface area contributed by atoms with Crippen molar-refractivity contribution in [1.82, 2.24) is 4.98 Å². The van der Waals surface area contributed by atoms with Gasteiger partial charge in [0.05, 0.1) is 5.60 Å². The van der Waals surface area contributed by atoms with Crippen LogP contribution in [-0.4, -0.2) is 10.1 Å². The smallest absolute Gasteiger partial charge is 0.0881 e. The van der Waals surface area contributed by atoms with E-state index in [1.165, 1.54) is 0 Å². The van der Waals surface area contributed by atoms with Crippen LogP contribution in [0.4, 0.5) is 0 Å². The summed E-state index contributed by atoms with van der Waals surface area (Å²) in [7, 11) is 0. The van der Waals surface area contributed by atoms with Gasteiger partial charge in [-0.15, -0.1) is 0 Å². The van der Waals surface area contributed by atoms with Crippen LogP contribution in [0, 0.1) is 3.57 Å². The quantitative estimate of drug-likeness (QED) is 0.841. The zero-order valence-electron chi connectivity index (χ0n) is 7.21. The van der Waals surface area contributed by atoms with Gasteiger partial charge in [-0.2, -0.15) is 0 Å². The number of aliphatic hydroxyl groups is 1. The topological polar surface area (TPSA) is 33.1 Å². The first kappa shape index (κ1) is 9.92. The molecule has 0 spiro atoms. The number of rotatable bonds is 2. The fraction of sp³-hybridized carbons (Fsp3) is 0.444. The van der Waals surface area contributed by atoms with Gasteiger partial charge in [0.1, 0.15) is 0 Å². The molecule has 1 rings (SSSR count). The molecule has 0 saturated carbocycles. The Balaban J connectivity index is 3.03. The molecule has 0 aliphatic rings. The van der Waals surface area contributed by atoms with Crippen LogP contribution in [0.3, 0.4) is 0 Å². The molecule has 66 valence electrons. The minimum absolute atomic E-state index is 0.703. The number of nitrogens with zero attached hydrogens (tertiary/aromatic N) is 1. The van der Waals surface area contributed by atoms with E-state index >= 15 is 0 Å².